The van der Waals surface area contributed by atoms with Crippen LogP contribution in [0.3, 0.4) is 0 Å². The van der Waals surface area contributed by atoms with Crippen molar-refractivity contribution in [3.63, 3.8) is 0 Å². The van der Waals surface area contributed by atoms with Crippen LogP contribution in [-0.4, -0.2) is 54.9 Å². The number of hydrogen-bond acceptors (Lipinski definition) is 8. The second-order valence-electron chi connectivity index (χ2n) is 8.56. The van der Waals surface area contributed by atoms with E-state index in [1.165, 1.54) is 11.7 Å². The van der Waals surface area contributed by atoms with Gasteiger partial charge in [-0.15, -0.1) is 0 Å². The van der Waals surface area contributed by atoms with Crippen LogP contribution in [0.4, 0.5) is 11.5 Å². The van der Waals surface area contributed by atoms with Gasteiger partial charge in [0.05, 0.1) is 19.6 Å². The first-order valence-electron chi connectivity index (χ1n) is 11.3. The molecule has 0 saturated carbocycles. The third kappa shape index (κ3) is 7.71. The zero-order valence-corrected chi connectivity index (χ0v) is 20.9. The summed E-state index contributed by atoms with van der Waals surface area (Å²) in [5.74, 6) is -0.737. The summed E-state index contributed by atoms with van der Waals surface area (Å²) in [5.41, 5.74) is 6.42. The van der Waals surface area contributed by atoms with Crippen molar-refractivity contribution in [1.29, 1.82) is 0 Å². The summed E-state index contributed by atoms with van der Waals surface area (Å²) >= 11 is 0. The fourth-order valence-electron chi connectivity index (χ4n) is 3.33. The number of carbonyl (C=O) groups is 2. The van der Waals surface area contributed by atoms with Gasteiger partial charge < -0.3 is 19.9 Å². The molecule has 0 atom stereocenters. The number of aryl methyl sites for hydroxylation is 2. The lowest BCUT2D eigenvalue weighted by Crippen LogP contribution is -2.44. The van der Waals surface area contributed by atoms with E-state index in [-0.39, 0.29) is 50.1 Å². The van der Waals surface area contributed by atoms with Crippen molar-refractivity contribution in [3.8, 4) is 5.75 Å². The monoisotopic (exact) mass is 490 g/mol. The Hall–Kier alpha value is -3.60. The molecule has 0 spiro atoms. The van der Waals surface area contributed by atoms with E-state index in [4.69, 9.17) is 19.9 Å². The largest absolute Gasteiger partial charge is 0.493 e. The first-order valence-corrected chi connectivity index (χ1v) is 11.3. The summed E-state index contributed by atoms with van der Waals surface area (Å²) in [7, 11) is 1.44. The van der Waals surface area contributed by atoms with Crippen molar-refractivity contribution in [3.05, 3.63) is 50.2 Å². The Morgan fingerprint density at radius 3 is 2.54 bits per heavy atom. The molecule has 0 aliphatic heterocycles. The number of aromatic amines is 1. The minimum Gasteiger partial charge on any atom is -0.493 e. The highest BCUT2D eigenvalue weighted by Gasteiger charge is 2.25. The highest BCUT2D eigenvalue weighted by molar-refractivity contribution is 5.97. The number of hydrogen-bond donors (Lipinski definition) is 2. The molecular weight excluding hydrogens is 456 g/mol. The minimum atomic E-state index is -0.815. The fraction of sp³-hybridized carbons (Fsp3) is 0.500. The first-order chi connectivity index (χ1) is 16.5. The number of amides is 1. The molecule has 2 aromatic rings. The Labute approximate surface area is 203 Å². The molecule has 0 saturated heterocycles. The van der Waals surface area contributed by atoms with Gasteiger partial charge >= 0.3 is 11.7 Å². The average molecular weight is 491 g/mol. The predicted octanol–water partition coefficient (Wildman–Crippen LogP) is 1.38. The van der Waals surface area contributed by atoms with Crippen LogP contribution in [0.1, 0.15) is 31.4 Å². The Balaban J connectivity index is 2.09. The number of carbonyl (C=O) groups excluding carboxylic acids is 2. The molecule has 0 unspecified atom stereocenters. The number of anilines is 2. The van der Waals surface area contributed by atoms with Gasteiger partial charge in [-0.1, -0.05) is 26.0 Å². The number of H-pyrrole nitrogens is 1. The van der Waals surface area contributed by atoms with Gasteiger partial charge in [0.15, 0.2) is 12.3 Å². The number of esters is 1. The minimum absolute atomic E-state index is 0.0320. The van der Waals surface area contributed by atoms with Crippen molar-refractivity contribution in [1.82, 2.24) is 9.55 Å². The summed E-state index contributed by atoms with van der Waals surface area (Å²) in [5, 5.41) is 0. The van der Waals surface area contributed by atoms with Crippen LogP contribution < -0.4 is 26.6 Å². The highest BCUT2D eigenvalue weighted by Crippen LogP contribution is 2.20. The van der Waals surface area contributed by atoms with Crippen LogP contribution >= 0.6 is 0 Å². The van der Waals surface area contributed by atoms with Gasteiger partial charge in [-0.2, -0.15) is 0 Å². The lowest BCUT2D eigenvalue weighted by atomic mass is 10.1. The van der Waals surface area contributed by atoms with Crippen molar-refractivity contribution in [2.45, 2.75) is 40.7 Å². The zero-order chi connectivity index (χ0) is 26.1. The summed E-state index contributed by atoms with van der Waals surface area (Å²) in [6, 6.07) is 5.76. The summed E-state index contributed by atoms with van der Waals surface area (Å²) < 4.78 is 17.0. The molecule has 1 aromatic carbocycles. The Morgan fingerprint density at radius 2 is 1.89 bits per heavy atom. The quantitative estimate of drug-likeness (QED) is 0.424. The predicted molar refractivity (Wildman–Crippen MR) is 132 cm³/mol. The van der Waals surface area contributed by atoms with E-state index >= 15 is 0 Å². The third-order valence-corrected chi connectivity index (χ3v) is 5.12. The van der Waals surface area contributed by atoms with Gasteiger partial charge in [-0.3, -0.25) is 28.8 Å². The number of nitrogens with zero attached hydrogens (tertiary/aromatic N) is 2. The highest BCUT2D eigenvalue weighted by atomic mass is 16.5. The van der Waals surface area contributed by atoms with Gasteiger partial charge in [0.25, 0.3) is 11.5 Å². The molecule has 3 N–H and O–H groups in total. The number of ether oxygens (including phenoxy) is 3. The first kappa shape index (κ1) is 27.6. The topological polar surface area (TPSA) is 146 Å². The van der Waals surface area contributed by atoms with Gasteiger partial charge in [0.1, 0.15) is 11.6 Å². The molecule has 11 heteroatoms. The number of benzene rings is 1. The van der Waals surface area contributed by atoms with Crippen molar-refractivity contribution in [2.24, 2.45) is 5.92 Å². The Bertz CT molecular complexity index is 1150. The second kappa shape index (κ2) is 12.7. The lowest BCUT2D eigenvalue weighted by Gasteiger charge is -2.24. The molecule has 1 heterocycles. The molecule has 0 aliphatic carbocycles. The summed E-state index contributed by atoms with van der Waals surface area (Å²) in [6.07, 6.45) is -0.0687. The van der Waals surface area contributed by atoms with Crippen LogP contribution in [0.2, 0.25) is 0 Å². The maximum absolute atomic E-state index is 12.9. The van der Waals surface area contributed by atoms with Gasteiger partial charge in [0, 0.05) is 20.2 Å². The van der Waals surface area contributed by atoms with Gasteiger partial charge in [0.2, 0.25) is 0 Å². The molecule has 1 amide bonds. The number of nitrogen functional groups attached to an aromatic ring is 1. The maximum Gasteiger partial charge on any atom is 0.330 e. The van der Waals surface area contributed by atoms with E-state index in [0.29, 0.717) is 5.75 Å². The Kier molecular flexibility index (Phi) is 10.1. The lowest BCUT2D eigenvalue weighted by molar-refractivity contribution is -0.148. The zero-order valence-electron chi connectivity index (χ0n) is 20.9. The molecule has 192 valence electrons. The number of rotatable bonds is 12. The number of methoxy groups -OCH3 is 1. The second-order valence-corrected chi connectivity index (χ2v) is 8.56. The molecule has 35 heavy (non-hydrogen) atoms. The van der Waals surface area contributed by atoms with Crippen LogP contribution in [0.15, 0.2) is 27.8 Å². The van der Waals surface area contributed by atoms with Crippen LogP contribution in [0, 0.1) is 19.8 Å². The summed E-state index contributed by atoms with van der Waals surface area (Å²) in [6.45, 7) is 7.37. The maximum atomic E-state index is 12.9. The molecule has 1 aromatic heterocycles. The summed E-state index contributed by atoms with van der Waals surface area (Å²) in [4.78, 5) is 53.2. The third-order valence-electron chi connectivity index (χ3n) is 5.12. The molecule has 0 radical (unpaired) electrons. The van der Waals surface area contributed by atoms with Crippen LogP contribution in [0.5, 0.6) is 5.75 Å². The standard InChI is InChI=1S/C24H34N4O7/c1-15(2)13-28-22(25)21(23(31)26-24(28)32)27(9-11-33-5)19(29)14-35-20(30)8-10-34-18-12-16(3)6-7-17(18)4/h6-7,12,15H,8-11,13-14,25H2,1-5H3,(H,26,31,32). The Morgan fingerprint density at radius 1 is 1.17 bits per heavy atom. The van der Waals surface area contributed by atoms with Crippen molar-refractivity contribution < 1.29 is 23.8 Å². The fourth-order valence-corrected chi connectivity index (χ4v) is 3.33. The van der Waals surface area contributed by atoms with Gasteiger partial charge in [-0.25, -0.2) is 4.79 Å². The molecule has 2 rings (SSSR count). The number of nitrogens with one attached hydrogen (secondary N) is 1. The van der Waals surface area contributed by atoms with Gasteiger partial charge in [-0.05, 0) is 37.0 Å². The van der Waals surface area contributed by atoms with E-state index in [1.54, 1.807) is 0 Å². The van der Waals surface area contributed by atoms with E-state index in [0.717, 1.165) is 16.0 Å². The molecule has 0 bridgehead atoms. The van der Waals surface area contributed by atoms with Crippen molar-refractivity contribution in [2.75, 3.05) is 44.1 Å². The SMILES string of the molecule is COCCN(C(=O)COC(=O)CCOc1cc(C)ccc1C)c1c(N)n(CC(C)C)c(=O)[nH]c1=O. The van der Waals surface area contributed by atoms with E-state index in [1.807, 2.05) is 45.9 Å². The van der Waals surface area contributed by atoms with E-state index in [9.17, 15) is 19.2 Å². The molecular formula is C24H34N4O7. The van der Waals surface area contributed by atoms with E-state index in [2.05, 4.69) is 4.98 Å². The molecule has 0 fully saturated rings. The van der Waals surface area contributed by atoms with E-state index < -0.39 is 29.7 Å². The van der Waals surface area contributed by atoms with Crippen molar-refractivity contribution >= 4 is 23.4 Å². The number of aromatic nitrogens is 2. The van der Waals surface area contributed by atoms with Crippen LogP contribution in [-0.2, 0) is 25.6 Å². The normalized spacial score (nSPS) is 10.9. The average Bonchev–Trinajstić information content (AvgIpc) is 2.79. The smallest absolute Gasteiger partial charge is 0.330 e. The van der Waals surface area contributed by atoms with Crippen LogP contribution in [0.25, 0.3) is 0 Å². The molecule has 0 aliphatic rings. The molecule has 11 nitrogen and oxygen atoms in total. The number of nitrogens with two attached hydrogens (primary N) is 1.